The normalized spacial score (nSPS) is 17.4. The second kappa shape index (κ2) is 6.63. The van der Waals surface area contributed by atoms with Gasteiger partial charge in [-0.05, 0) is 25.0 Å². The zero-order valence-corrected chi connectivity index (χ0v) is 11.6. The molecule has 2 aromatic heterocycles. The van der Waals surface area contributed by atoms with Crippen molar-refractivity contribution in [1.82, 2.24) is 25.2 Å². The highest BCUT2D eigenvalue weighted by Gasteiger charge is 2.19. The number of aromatic amines is 1. The summed E-state index contributed by atoms with van der Waals surface area (Å²) in [6.45, 7) is 4.06. The van der Waals surface area contributed by atoms with Gasteiger partial charge in [-0.15, -0.1) is 0 Å². The lowest BCUT2D eigenvalue weighted by Crippen LogP contribution is -2.42. The summed E-state index contributed by atoms with van der Waals surface area (Å²) in [5.41, 5.74) is 1.16. The molecule has 2 N–H and O–H groups in total. The van der Waals surface area contributed by atoms with E-state index in [1.807, 2.05) is 18.5 Å². The predicted molar refractivity (Wildman–Crippen MR) is 78.0 cm³/mol. The number of aromatic nitrogens is 3. The summed E-state index contributed by atoms with van der Waals surface area (Å²) in [7, 11) is 0. The Kier molecular flexibility index (Phi) is 4.40. The lowest BCUT2D eigenvalue weighted by atomic mass is 10.0. The van der Waals surface area contributed by atoms with Crippen LogP contribution in [-0.4, -0.2) is 39.0 Å². The summed E-state index contributed by atoms with van der Waals surface area (Å²) in [6.07, 6.45) is 7.91. The minimum atomic E-state index is 0.597. The molecule has 106 valence electrons. The Bertz CT molecular complexity index is 488. The van der Waals surface area contributed by atoms with Crippen LogP contribution in [0.1, 0.15) is 24.4 Å². The van der Waals surface area contributed by atoms with Crippen molar-refractivity contribution >= 4 is 0 Å². The van der Waals surface area contributed by atoms with Crippen molar-refractivity contribution in [2.45, 2.75) is 32.0 Å². The van der Waals surface area contributed by atoms with Crippen LogP contribution in [0, 0.1) is 0 Å². The van der Waals surface area contributed by atoms with E-state index in [-0.39, 0.29) is 0 Å². The van der Waals surface area contributed by atoms with Gasteiger partial charge in [0, 0.05) is 44.3 Å². The Balaban J connectivity index is 1.40. The van der Waals surface area contributed by atoms with Gasteiger partial charge in [0.1, 0.15) is 5.82 Å². The summed E-state index contributed by atoms with van der Waals surface area (Å²) in [4.78, 5) is 14.2. The largest absolute Gasteiger partial charge is 0.348 e. The average molecular weight is 271 g/mol. The standard InChI is InChI=1S/C15H21N5/c1-2-6-16-14(3-1)12-20-9-4-13(5-10-20)19-11-15-17-7-8-18-15/h1-3,6-8,13,19H,4-5,9-12H2,(H,17,18). The molecule has 1 aliphatic heterocycles. The minimum absolute atomic E-state index is 0.597. The van der Waals surface area contributed by atoms with Gasteiger partial charge in [-0.1, -0.05) is 6.07 Å². The molecule has 0 aliphatic carbocycles. The maximum Gasteiger partial charge on any atom is 0.120 e. The number of piperidine rings is 1. The number of likely N-dealkylation sites (tertiary alicyclic amines) is 1. The van der Waals surface area contributed by atoms with Gasteiger partial charge < -0.3 is 10.3 Å². The van der Waals surface area contributed by atoms with E-state index in [1.54, 1.807) is 6.20 Å². The summed E-state index contributed by atoms with van der Waals surface area (Å²) in [5.74, 6) is 1.01. The molecule has 5 heteroatoms. The zero-order chi connectivity index (χ0) is 13.6. The first-order valence-electron chi connectivity index (χ1n) is 7.24. The molecule has 1 fully saturated rings. The van der Waals surface area contributed by atoms with Crippen LogP contribution in [0.5, 0.6) is 0 Å². The van der Waals surface area contributed by atoms with Crippen LogP contribution in [0.15, 0.2) is 36.8 Å². The number of hydrogen-bond acceptors (Lipinski definition) is 4. The van der Waals surface area contributed by atoms with Crippen molar-refractivity contribution in [2.75, 3.05) is 13.1 Å². The lowest BCUT2D eigenvalue weighted by Gasteiger charge is -2.32. The topological polar surface area (TPSA) is 56.8 Å². The van der Waals surface area contributed by atoms with E-state index in [1.165, 1.54) is 12.8 Å². The molecule has 0 unspecified atom stereocenters. The molecule has 1 saturated heterocycles. The van der Waals surface area contributed by atoms with Crippen LogP contribution in [0.25, 0.3) is 0 Å². The molecule has 1 aliphatic rings. The Morgan fingerprint density at radius 3 is 2.80 bits per heavy atom. The van der Waals surface area contributed by atoms with Crippen molar-refractivity contribution in [3.63, 3.8) is 0 Å². The third-order valence-corrected chi connectivity index (χ3v) is 3.81. The summed E-state index contributed by atoms with van der Waals surface area (Å²) in [5, 5.41) is 3.57. The smallest absolute Gasteiger partial charge is 0.120 e. The predicted octanol–water partition coefficient (Wildman–Crippen LogP) is 1.56. The molecule has 20 heavy (non-hydrogen) atoms. The second-order valence-corrected chi connectivity index (χ2v) is 5.29. The molecule has 0 radical (unpaired) electrons. The summed E-state index contributed by atoms with van der Waals surface area (Å²) in [6, 6.07) is 6.72. The molecule has 0 atom stereocenters. The molecule has 5 nitrogen and oxygen atoms in total. The Hall–Kier alpha value is -1.72. The minimum Gasteiger partial charge on any atom is -0.348 e. The third-order valence-electron chi connectivity index (χ3n) is 3.81. The van der Waals surface area contributed by atoms with Crippen molar-refractivity contribution in [2.24, 2.45) is 0 Å². The highest BCUT2D eigenvalue weighted by Crippen LogP contribution is 2.13. The molecule has 3 rings (SSSR count). The van der Waals surface area contributed by atoms with Gasteiger partial charge >= 0.3 is 0 Å². The van der Waals surface area contributed by atoms with Crippen molar-refractivity contribution in [3.8, 4) is 0 Å². The first kappa shape index (κ1) is 13.3. The van der Waals surface area contributed by atoms with Crippen molar-refractivity contribution in [1.29, 1.82) is 0 Å². The maximum atomic E-state index is 4.39. The Labute approximate surface area is 119 Å². The van der Waals surface area contributed by atoms with Gasteiger partial charge in [0.2, 0.25) is 0 Å². The van der Waals surface area contributed by atoms with Gasteiger partial charge in [0.15, 0.2) is 0 Å². The molecule has 3 heterocycles. The first-order valence-corrected chi connectivity index (χ1v) is 7.24. The SMILES string of the molecule is c1ccc(CN2CCC(NCc3ncc[nH]3)CC2)nc1. The van der Waals surface area contributed by atoms with Crippen LogP contribution in [-0.2, 0) is 13.1 Å². The fourth-order valence-corrected chi connectivity index (χ4v) is 2.65. The van der Waals surface area contributed by atoms with Crippen molar-refractivity contribution in [3.05, 3.63) is 48.3 Å². The third kappa shape index (κ3) is 3.65. The highest BCUT2D eigenvalue weighted by atomic mass is 15.1. The van der Waals surface area contributed by atoms with Crippen LogP contribution in [0.2, 0.25) is 0 Å². The van der Waals surface area contributed by atoms with Gasteiger partial charge in [-0.2, -0.15) is 0 Å². The number of imidazole rings is 1. The number of rotatable bonds is 5. The first-order chi connectivity index (χ1) is 9.90. The molecule has 2 aromatic rings. The van der Waals surface area contributed by atoms with Crippen LogP contribution in [0.3, 0.4) is 0 Å². The lowest BCUT2D eigenvalue weighted by molar-refractivity contribution is 0.188. The molecule has 0 aromatic carbocycles. The summed E-state index contributed by atoms with van der Waals surface area (Å²) >= 11 is 0. The Morgan fingerprint density at radius 1 is 1.20 bits per heavy atom. The average Bonchev–Trinajstić information content (AvgIpc) is 3.01. The maximum absolute atomic E-state index is 4.39. The zero-order valence-electron chi connectivity index (χ0n) is 11.6. The van der Waals surface area contributed by atoms with E-state index in [4.69, 9.17) is 0 Å². The fourth-order valence-electron chi connectivity index (χ4n) is 2.65. The highest BCUT2D eigenvalue weighted by molar-refractivity contribution is 5.03. The molecule has 0 bridgehead atoms. The van der Waals surface area contributed by atoms with E-state index in [0.29, 0.717) is 6.04 Å². The van der Waals surface area contributed by atoms with Crippen molar-refractivity contribution < 1.29 is 0 Å². The molecular weight excluding hydrogens is 250 g/mol. The number of pyridine rings is 1. The molecule has 0 spiro atoms. The fraction of sp³-hybridized carbons (Fsp3) is 0.467. The number of nitrogens with one attached hydrogen (secondary N) is 2. The number of H-pyrrole nitrogens is 1. The van der Waals surface area contributed by atoms with E-state index in [2.05, 4.69) is 37.3 Å². The Morgan fingerprint density at radius 2 is 2.10 bits per heavy atom. The molecular formula is C15H21N5. The van der Waals surface area contributed by atoms with Gasteiger partial charge in [0.05, 0.1) is 12.2 Å². The summed E-state index contributed by atoms with van der Waals surface area (Å²) < 4.78 is 0. The monoisotopic (exact) mass is 271 g/mol. The van der Waals surface area contributed by atoms with E-state index in [0.717, 1.165) is 37.7 Å². The molecule has 0 saturated carbocycles. The van der Waals surface area contributed by atoms with Crippen LogP contribution in [0.4, 0.5) is 0 Å². The molecule has 0 amide bonds. The van der Waals surface area contributed by atoms with Gasteiger partial charge in [-0.3, -0.25) is 9.88 Å². The van der Waals surface area contributed by atoms with Gasteiger partial charge in [-0.25, -0.2) is 4.98 Å². The quantitative estimate of drug-likeness (QED) is 0.866. The van der Waals surface area contributed by atoms with E-state index >= 15 is 0 Å². The van der Waals surface area contributed by atoms with Gasteiger partial charge in [0.25, 0.3) is 0 Å². The van der Waals surface area contributed by atoms with Crippen LogP contribution >= 0.6 is 0 Å². The van der Waals surface area contributed by atoms with E-state index < -0.39 is 0 Å². The number of hydrogen-bond donors (Lipinski definition) is 2. The number of nitrogens with zero attached hydrogens (tertiary/aromatic N) is 3. The van der Waals surface area contributed by atoms with Crippen LogP contribution < -0.4 is 5.32 Å². The van der Waals surface area contributed by atoms with E-state index in [9.17, 15) is 0 Å². The second-order valence-electron chi connectivity index (χ2n) is 5.29.